The molecule has 0 aliphatic heterocycles. The molecule has 6 heteroatoms. The van der Waals surface area contributed by atoms with Crippen LogP contribution in [0.25, 0.3) is 0 Å². The highest BCUT2D eigenvalue weighted by Crippen LogP contribution is 2.24. The Balaban J connectivity index is 2.79. The molecule has 0 amide bonds. The largest absolute Gasteiger partial charge is 0.573 e. The number of halogens is 3. The fourth-order valence-electron chi connectivity index (χ4n) is 0.836. The molecule has 1 aromatic carbocycles. The quantitative estimate of drug-likeness (QED) is 0.591. The van der Waals surface area contributed by atoms with Crippen LogP contribution in [0.3, 0.4) is 0 Å². The molecule has 0 atom stereocenters. The molecule has 1 aromatic rings. The molecule has 0 saturated heterocycles. The number of anilines is 1. The van der Waals surface area contributed by atoms with Gasteiger partial charge in [-0.05, 0) is 12.1 Å². The minimum Gasteiger partial charge on any atom is -0.406 e. The van der Waals surface area contributed by atoms with Gasteiger partial charge in [0.2, 0.25) is 0 Å². The van der Waals surface area contributed by atoms with Gasteiger partial charge in [0.05, 0.1) is 5.69 Å². The van der Waals surface area contributed by atoms with Crippen molar-refractivity contribution < 1.29 is 17.9 Å². The Kier molecular flexibility index (Phi) is 2.82. The smallest absolute Gasteiger partial charge is 0.406 e. The average Bonchev–Trinajstić information content (AvgIpc) is 2.02. The molecular weight excluding hydrogens is 197 g/mol. The van der Waals surface area contributed by atoms with E-state index in [-0.39, 0.29) is 11.4 Å². The Hall–Kier alpha value is -1.90. The number of alkyl halides is 3. The molecule has 3 nitrogen and oxygen atoms in total. The zero-order valence-corrected chi connectivity index (χ0v) is 6.80. The van der Waals surface area contributed by atoms with E-state index in [9.17, 15) is 13.2 Å². The number of hydrogen-bond acceptors (Lipinski definition) is 3. The van der Waals surface area contributed by atoms with Crippen molar-refractivity contribution in [3.8, 4) is 11.9 Å². The van der Waals surface area contributed by atoms with Crippen LogP contribution in [0, 0.1) is 11.5 Å². The van der Waals surface area contributed by atoms with Gasteiger partial charge < -0.3 is 4.74 Å². The summed E-state index contributed by atoms with van der Waals surface area (Å²) >= 11 is 0. The van der Waals surface area contributed by atoms with Crippen molar-refractivity contribution in [3.05, 3.63) is 24.3 Å². The highest BCUT2D eigenvalue weighted by molar-refractivity contribution is 5.50. The van der Waals surface area contributed by atoms with E-state index in [4.69, 9.17) is 5.26 Å². The SMILES string of the molecule is N#CNc1cccc(OC(F)(F)F)c1. The van der Waals surface area contributed by atoms with Gasteiger partial charge in [0.25, 0.3) is 0 Å². The Morgan fingerprint density at radius 3 is 2.64 bits per heavy atom. The fourth-order valence-corrected chi connectivity index (χ4v) is 0.836. The summed E-state index contributed by atoms with van der Waals surface area (Å²) in [6, 6.07) is 5.03. The van der Waals surface area contributed by atoms with Gasteiger partial charge in [0.1, 0.15) is 5.75 Å². The Morgan fingerprint density at radius 2 is 2.07 bits per heavy atom. The second-order valence-corrected chi connectivity index (χ2v) is 2.31. The van der Waals surface area contributed by atoms with E-state index in [0.29, 0.717) is 0 Å². The number of ether oxygens (including phenoxy) is 1. The number of hydrogen-bond donors (Lipinski definition) is 1. The van der Waals surface area contributed by atoms with Gasteiger partial charge >= 0.3 is 6.36 Å². The molecule has 0 saturated carbocycles. The first kappa shape index (κ1) is 10.2. The van der Waals surface area contributed by atoms with Crippen molar-refractivity contribution in [3.63, 3.8) is 0 Å². The number of nitrogens with one attached hydrogen (secondary N) is 1. The molecule has 0 aliphatic carbocycles. The molecule has 0 unspecified atom stereocenters. The molecule has 0 aromatic heterocycles. The number of rotatable bonds is 2. The summed E-state index contributed by atoms with van der Waals surface area (Å²) < 4.78 is 38.9. The Morgan fingerprint density at radius 1 is 1.36 bits per heavy atom. The van der Waals surface area contributed by atoms with Crippen LogP contribution in [-0.4, -0.2) is 6.36 Å². The third-order valence-corrected chi connectivity index (χ3v) is 1.27. The van der Waals surface area contributed by atoms with E-state index in [2.05, 4.69) is 10.1 Å². The van der Waals surface area contributed by atoms with E-state index in [0.717, 1.165) is 12.1 Å². The van der Waals surface area contributed by atoms with Gasteiger partial charge in [-0.2, -0.15) is 5.26 Å². The number of nitrogens with zero attached hydrogens (tertiary/aromatic N) is 1. The van der Waals surface area contributed by atoms with Crippen LogP contribution in [0.15, 0.2) is 24.3 Å². The van der Waals surface area contributed by atoms with E-state index in [1.54, 1.807) is 6.19 Å². The normalized spacial score (nSPS) is 10.4. The van der Waals surface area contributed by atoms with Crippen LogP contribution in [0.1, 0.15) is 0 Å². The van der Waals surface area contributed by atoms with Gasteiger partial charge in [-0.3, -0.25) is 5.32 Å². The summed E-state index contributed by atoms with van der Waals surface area (Å²) in [4.78, 5) is 0. The standard InChI is InChI=1S/C8H5F3N2O/c9-8(10,11)14-7-3-1-2-6(4-7)13-5-12/h1-4,13H. The first-order valence-corrected chi connectivity index (χ1v) is 3.52. The zero-order valence-electron chi connectivity index (χ0n) is 6.80. The first-order chi connectivity index (χ1) is 6.51. The van der Waals surface area contributed by atoms with Crippen LogP contribution in [-0.2, 0) is 0 Å². The average molecular weight is 202 g/mol. The molecule has 1 rings (SSSR count). The summed E-state index contributed by atoms with van der Waals surface area (Å²) in [6.45, 7) is 0. The maximum Gasteiger partial charge on any atom is 0.573 e. The maximum atomic E-state index is 11.8. The topological polar surface area (TPSA) is 45.0 Å². The summed E-state index contributed by atoms with van der Waals surface area (Å²) in [6.07, 6.45) is -3.13. The monoisotopic (exact) mass is 202 g/mol. The third-order valence-electron chi connectivity index (χ3n) is 1.27. The minimum absolute atomic E-state index is 0.245. The van der Waals surface area contributed by atoms with Crippen LogP contribution in [0.2, 0.25) is 0 Å². The second kappa shape index (κ2) is 3.87. The first-order valence-electron chi connectivity index (χ1n) is 3.52. The fraction of sp³-hybridized carbons (Fsp3) is 0.125. The van der Waals surface area contributed by atoms with Crippen molar-refractivity contribution in [2.24, 2.45) is 0 Å². The second-order valence-electron chi connectivity index (χ2n) is 2.31. The zero-order chi connectivity index (χ0) is 10.6. The van der Waals surface area contributed by atoms with Crippen LogP contribution in [0.5, 0.6) is 5.75 Å². The van der Waals surface area contributed by atoms with E-state index in [1.807, 2.05) is 0 Å². The lowest BCUT2D eigenvalue weighted by Crippen LogP contribution is -2.17. The molecule has 0 fully saturated rings. The molecule has 14 heavy (non-hydrogen) atoms. The van der Waals surface area contributed by atoms with Gasteiger partial charge in [0, 0.05) is 6.07 Å². The van der Waals surface area contributed by atoms with Crippen LogP contribution >= 0.6 is 0 Å². The van der Waals surface area contributed by atoms with Gasteiger partial charge in [-0.15, -0.1) is 13.2 Å². The predicted octanol–water partition coefficient (Wildman–Crippen LogP) is 2.48. The van der Waals surface area contributed by atoms with Gasteiger partial charge in [0.15, 0.2) is 6.19 Å². The van der Waals surface area contributed by atoms with Crippen molar-refractivity contribution in [1.82, 2.24) is 0 Å². The molecular formula is C8H5F3N2O. The van der Waals surface area contributed by atoms with Crippen molar-refractivity contribution in [2.75, 3.05) is 5.32 Å². The summed E-state index contributed by atoms with van der Waals surface area (Å²) in [5.74, 6) is -0.363. The van der Waals surface area contributed by atoms with Gasteiger partial charge in [-0.25, -0.2) is 0 Å². The van der Waals surface area contributed by atoms with E-state index < -0.39 is 6.36 Å². The predicted molar refractivity (Wildman–Crippen MR) is 42.4 cm³/mol. The summed E-state index contributed by atoms with van der Waals surface area (Å²) in [7, 11) is 0. The highest BCUT2D eigenvalue weighted by atomic mass is 19.4. The van der Waals surface area contributed by atoms with Crippen molar-refractivity contribution in [1.29, 1.82) is 5.26 Å². The lowest BCUT2D eigenvalue weighted by molar-refractivity contribution is -0.274. The van der Waals surface area contributed by atoms with Crippen molar-refractivity contribution >= 4 is 5.69 Å². The molecule has 0 bridgehead atoms. The Bertz CT molecular complexity index is 356. The lowest BCUT2D eigenvalue weighted by Gasteiger charge is -2.08. The highest BCUT2D eigenvalue weighted by Gasteiger charge is 2.31. The summed E-state index contributed by atoms with van der Waals surface area (Å²) in [5.41, 5.74) is 0.245. The third kappa shape index (κ3) is 3.23. The molecule has 0 spiro atoms. The van der Waals surface area contributed by atoms with Crippen LogP contribution < -0.4 is 10.1 Å². The van der Waals surface area contributed by atoms with Crippen molar-refractivity contribution in [2.45, 2.75) is 6.36 Å². The molecule has 0 heterocycles. The molecule has 74 valence electrons. The number of benzene rings is 1. The van der Waals surface area contributed by atoms with Gasteiger partial charge in [-0.1, -0.05) is 6.07 Å². The Labute approximate surface area is 77.7 Å². The summed E-state index contributed by atoms with van der Waals surface area (Å²) in [5, 5.41) is 10.4. The van der Waals surface area contributed by atoms with E-state index >= 15 is 0 Å². The maximum absolute atomic E-state index is 11.8. The minimum atomic E-state index is -4.72. The lowest BCUT2D eigenvalue weighted by atomic mass is 10.3. The molecule has 1 N–H and O–H groups in total. The van der Waals surface area contributed by atoms with E-state index in [1.165, 1.54) is 12.1 Å². The number of nitriles is 1. The molecule has 0 aliphatic rings. The molecule has 0 radical (unpaired) electrons. The van der Waals surface area contributed by atoms with Crippen LogP contribution in [0.4, 0.5) is 18.9 Å².